The van der Waals surface area contributed by atoms with Crippen LogP contribution < -0.4 is 10.5 Å². The SMILES string of the molecule is NC(=O)COc1cccc(CN2CCCC[C@H]2c2nc3ccccc3[nH]2)c1. The standard InChI is InChI=1S/C21H24N4O2/c22-20(26)14-27-16-7-5-6-15(12-16)13-25-11-4-3-10-19(25)21-23-17-8-1-2-9-18(17)24-21/h1-2,5-9,12,19H,3-4,10-11,13-14H2,(H2,22,26)(H,23,24)/t19-/m0/s1. The fraction of sp³-hybridized carbons (Fsp3) is 0.333. The Hall–Kier alpha value is -2.86. The number of ether oxygens (including phenoxy) is 1. The largest absolute Gasteiger partial charge is 0.484 e. The van der Waals surface area contributed by atoms with Gasteiger partial charge in [-0.3, -0.25) is 9.69 Å². The number of hydrogen-bond donors (Lipinski definition) is 2. The van der Waals surface area contributed by atoms with Crippen molar-refractivity contribution in [2.75, 3.05) is 13.2 Å². The van der Waals surface area contributed by atoms with Gasteiger partial charge in [-0.2, -0.15) is 0 Å². The highest BCUT2D eigenvalue weighted by molar-refractivity contribution is 5.75. The molecule has 0 saturated carbocycles. The molecule has 4 rings (SSSR count). The molecule has 0 unspecified atom stereocenters. The van der Waals surface area contributed by atoms with Gasteiger partial charge >= 0.3 is 0 Å². The topological polar surface area (TPSA) is 84.2 Å². The first-order valence-corrected chi connectivity index (χ1v) is 9.38. The Bertz CT molecular complexity index is 904. The molecule has 3 N–H and O–H groups in total. The minimum atomic E-state index is -0.471. The zero-order valence-corrected chi connectivity index (χ0v) is 15.2. The number of benzene rings is 2. The highest BCUT2D eigenvalue weighted by Crippen LogP contribution is 2.32. The number of nitrogens with two attached hydrogens (primary N) is 1. The number of carbonyl (C=O) groups is 1. The van der Waals surface area contributed by atoms with Crippen LogP contribution in [0, 0.1) is 0 Å². The summed E-state index contributed by atoms with van der Waals surface area (Å²) in [6, 6.07) is 16.3. The van der Waals surface area contributed by atoms with Crippen LogP contribution in [-0.4, -0.2) is 33.9 Å². The fourth-order valence-electron chi connectivity index (χ4n) is 3.74. The number of nitrogens with one attached hydrogen (secondary N) is 1. The maximum Gasteiger partial charge on any atom is 0.255 e. The molecule has 1 atom stereocenters. The Kier molecular flexibility index (Phi) is 5.07. The molecule has 6 nitrogen and oxygen atoms in total. The number of amides is 1. The molecule has 0 aliphatic carbocycles. The molecule has 1 amide bonds. The summed E-state index contributed by atoms with van der Waals surface area (Å²) in [4.78, 5) is 21.7. The van der Waals surface area contributed by atoms with Crippen molar-refractivity contribution in [1.29, 1.82) is 0 Å². The van der Waals surface area contributed by atoms with Gasteiger partial charge in [-0.25, -0.2) is 4.98 Å². The van der Waals surface area contributed by atoms with E-state index in [4.69, 9.17) is 15.5 Å². The van der Waals surface area contributed by atoms with E-state index in [1.807, 2.05) is 36.4 Å². The number of likely N-dealkylation sites (tertiary alicyclic amines) is 1. The van der Waals surface area contributed by atoms with Crippen LogP contribution in [0.2, 0.25) is 0 Å². The lowest BCUT2D eigenvalue weighted by atomic mass is 10.0. The van der Waals surface area contributed by atoms with Gasteiger partial charge in [-0.05, 0) is 49.2 Å². The molecule has 1 aliphatic heterocycles. The van der Waals surface area contributed by atoms with E-state index in [1.165, 1.54) is 12.8 Å². The molecule has 1 saturated heterocycles. The van der Waals surface area contributed by atoms with E-state index < -0.39 is 5.91 Å². The van der Waals surface area contributed by atoms with Gasteiger partial charge in [-0.1, -0.05) is 30.7 Å². The van der Waals surface area contributed by atoms with Crippen LogP contribution in [-0.2, 0) is 11.3 Å². The molecular formula is C21H24N4O2. The van der Waals surface area contributed by atoms with Crippen molar-refractivity contribution >= 4 is 16.9 Å². The van der Waals surface area contributed by atoms with Crippen LogP contribution in [0.1, 0.15) is 36.7 Å². The Morgan fingerprint density at radius 3 is 2.96 bits per heavy atom. The van der Waals surface area contributed by atoms with Crippen LogP contribution in [0.3, 0.4) is 0 Å². The van der Waals surface area contributed by atoms with Crippen LogP contribution in [0.5, 0.6) is 5.75 Å². The van der Waals surface area contributed by atoms with Gasteiger partial charge in [0, 0.05) is 6.54 Å². The minimum Gasteiger partial charge on any atom is -0.484 e. The first-order valence-electron chi connectivity index (χ1n) is 9.38. The average Bonchev–Trinajstić information content (AvgIpc) is 3.11. The van der Waals surface area contributed by atoms with Crippen molar-refractivity contribution in [3.05, 3.63) is 59.9 Å². The number of aromatic amines is 1. The van der Waals surface area contributed by atoms with Gasteiger partial charge in [0.05, 0.1) is 17.1 Å². The van der Waals surface area contributed by atoms with Crippen molar-refractivity contribution < 1.29 is 9.53 Å². The van der Waals surface area contributed by atoms with Crippen molar-refractivity contribution in [3.8, 4) is 5.75 Å². The summed E-state index contributed by atoms with van der Waals surface area (Å²) in [5.74, 6) is 1.24. The van der Waals surface area contributed by atoms with E-state index in [1.54, 1.807) is 0 Å². The maximum atomic E-state index is 10.9. The fourth-order valence-corrected chi connectivity index (χ4v) is 3.74. The Morgan fingerprint density at radius 1 is 1.22 bits per heavy atom. The van der Waals surface area contributed by atoms with Crippen molar-refractivity contribution in [2.24, 2.45) is 5.73 Å². The zero-order chi connectivity index (χ0) is 18.6. The predicted octanol–water partition coefficient (Wildman–Crippen LogP) is 3.15. The van der Waals surface area contributed by atoms with Gasteiger partial charge in [0.1, 0.15) is 11.6 Å². The third-order valence-corrected chi connectivity index (χ3v) is 5.00. The number of primary amides is 1. The summed E-state index contributed by atoms with van der Waals surface area (Å²) >= 11 is 0. The lowest BCUT2D eigenvalue weighted by Crippen LogP contribution is -2.33. The van der Waals surface area contributed by atoms with Crippen molar-refractivity contribution in [3.63, 3.8) is 0 Å². The van der Waals surface area contributed by atoms with Crippen LogP contribution in [0.15, 0.2) is 48.5 Å². The first-order chi connectivity index (χ1) is 13.2. The van der Waals surface area contributed by atoms with Crippen LogP contribution >= 0.6 is 0 Å². The van der Waals surface area contributed by atoms with E-state index in [2.05, 4.69) is 22.0 Å². The lowest BCUT2D eigenvalue weighted by Gasteiger charge is -2.34. The molecule has 0 bridgehead atoms. The third kappa shape index (κ3) is 4.11. The molecule has 1 aromatic heterocycles. The molecule has 1 fully saturated rings. The number of fused-ring (bicyclic) bond motifs is 1. The Balaban J connectivity index is 1.52. The number of hydrogen-bond acceptors (Lipinski definition) is 4. The number of imidazole rings is 1. The quantitative estimate of drug-likeness (QED) is 0.704. The Morgan fingerprint density at radius 2 is 2.11 bits per heavy atom. The zero-order valence-electron chi connectivity index (χ0n) is 15.2. The van der Waals surface area contributed by atoms with Crippen molar-refractivity contribution in [1.82, 2.24) is 14.9 Å². The molecular weight excluding hydrogens is 340 g/mol. The van der Waals surface area contributed by atoms with Gasteiger partial charge < -0.3 is 15.5 Å². The van der Waals surface area contributed by atoms with E-state index in [0.717, 1.165) is 41.9 Å². The van der Waals surface area contributed by atoms with E-state index >= 15 is 0 Å². The minimum absolute atomic E-state index is 0.102. The van der Waals surface area contributed by atoms with E-state index in [-0.39, 0.29) is 12.6 Å². The molecule has 6 heteroatoms. The molecule has 3 aromatic rings. The molecule has 0 spiro atoms. The molecule has 140 valence electrons. The summed E-state index contributed by atoms with van der Waals surface area (Å²) < 4.78 is 5.44. The molecule has 1 aliphatic rings. The second kappa shape index (κ2) is 7.80. The Labute approximate surface area is 158 Å². The second-order valence-electron chi connectivity index (χ2n) is 7.02. The smallest absolute Gasteiger partial charge is 0.255 e. The summed E-state index contributed by atoms with van der Waals surface area (Å²) in [6.45, 7) is 1.75. The van der Waals surface area contributed by atoms with Crippen LogP contribution in [0.4, 0.5) is 0 Å². The molecule has 0 radical (unpaired) electrons. The van der Waals surface area contributed by atoms with E-state index in [9.17, 15) is 4.79 Å². The number of H-pyrrole nitrogens is 1. The normalized spacial score (nSPS) is 17.9. The average molecular weight is 364 g/mol. The number of para-hydroxylation sites is 2. The van der Waals surface area contributed by atoms with Gasteiger partial charge in [0.15, 0.2) is 6.61 Å². The number of aromatic nitrogens is 2. The van der Waals surface area contributed by atoms with E-state index in [0.29, 0.717) is 5.75 Å². The number of rotatable bonds is 6. The van der Waals surface area contributed by atoms with Gasteiger partial charge in [0.25, 0.3) is 5.91 Å². The third-order valence-electron chi connectivity index (χ3n) is 5.00. The summed E-state index contributed by atoms with van der Waals surface area (Å²) in [6.07, 6.45) is 3.49. The highest BCUT2D eigenvalue weighted by atomic mass is 16.5. The summed E-state index contributed by atoms with van der Waals surface area (Å²) in [5.41, 5.74) is 8.41. The summed E-state index contributed by atoms with van der Waals surface area (Å²) in [7, 11) is 0. The molecule has 27 heavy (non-hydrogen) atoms. The number of nitrogens with zero attached hydrogens (tertiary/aromatic N) is 2. The van der Waals surface area contributed by atoms with Gasteiger partial charge in [0.2, 0.25) is 0 Å². The molecule has 2 aromatic carbocycles. The number of carbonyl (C=O) groups excluding carboxylic acids is 1. The van der Waals surface area contributed by atoms with Crippen molar-refractivity contribution in [2.45, 2.75) is 31.8 Å². The highest BCUT2D eigenvalue weighted by Gasteiger charge is 2.26. The second-order valence-corrected chi connectivity index (χ2v) is 7.02. The maximum absolute atomic E-state index is 10.9. The number of piperidine rings is 1. The molecule has 2 heterocycles. The lowest BCUT2D eigenvalue weighted by molar-refractivity contribution is -0.119. The van der Waals surface area contributed by atoms with Gasteiger partial charge in [-0.15, -0.1) is 0 Å². The predicted molar refractivity (Wildman–Crippen MR) is 104 cm³/mol. The monoisotopic (exact) mass is 364 g/mol. The van der Waals surface area contributed by atoms with Crippen LogP contribution in [0.25, 0.3) is 11.0 Å². The summed E-state index contributed by atoms with van der Waals surface area (Å²) in [5, 5.41) is 0. The first kappa shape index (κ1) is 17.5.